The molecule has 1 saturated carbocycles. The Bertz CT molecular complexity index is 433. The second kappa shape index (κ2) is 8.18. The lowest BCUT2D eigenvalue weighted by atomic mass is 9.90. The number of nitrogens with two attached hydrogens (primary N) is 1. The summed E-state index contributed by atoms with van der Waals surface area (Å²) in [4.78, 5) is 14.8. The summed E-state index contributed by atoms with van der Waals surface area (Å²) < 4.78 is 0. The van der Waals surface area contributed by atoms with Gasteiger partial charge in [-0.2, -0.15) is 0 Å². The molecule has 1 aliphatic rings. The minimum atomic E-state index is 0.208. The molecule has 2 rings (SSSR count). The maximum absolute atomic E-state index is 12.9. The topological polar surface area (TPSA) is 46.3 Å². The van der Waals surface area contributed by atoms with Gasteiger partial charge in [-0.05, 0) is 37.5 Å². The molecule has 116 valence electrons. The van der Waals surface area contributed by atoms with E-state index in [4.69, 9.17) is 5.73 Å². The number of anilines is 1. The summed E-state index contributed by atoms with van der Waals surface area (Å²) in [6, 6.07) is 8.08. The second-order valence-electron chi connectivity index (χ2n) is 6.00. The third-order valence-corrected chi connectivity index (χ3v) is 4.52. The molecule has 0 saturated heterocycles. The minimum Gasteiger partial charge on any atom is -0.326 e. The van der Waals surface area contributed by atoms with E-state index in [9.17, 15) is 4.79 Å². The number of rotatable bonds is 4. The summed E-state index contributed by atoms with van der Waals surface area (Å²) in [6.45, 7) is 3.33. The Kier molecular flexibility index (Phi) is 6.24. The Morgan fingerprint density at radius 3 is 2.19 bits per heavy atom. The highest BCUT2D eigenvalue weighted by molar-refractivity contribution is 5.95. The first-order chi connectivity index (χ1) is 10.3. The van der Waals surface area contributed by atoms with E-state index in [-0.39, 0.29) is 5.92 Å². The van der Waals surface area contributed by atoms with Crippen LogP contribution in [0.3, 0.4) is 0 Å². The van der Waals surface area contributed by atoms with Crippen molar-refractivity contribution in [3.05, 3.63) is 29.8 Å². The fourth-order valence-corrected chi connectivity index (χ4v) is 3.20. The first-order valence-electron chi connectivity index (χ1n) is 8.36. The van der Waals surface area contributed by atoms with Crippen molar-refractivity contribution in [3.63, 3.8) is 0 Å². The zero-order chi connectivity index (χ0) is 15.1. The molecular formula is C18H28N2O. The smallest absolute Gasteiger partial charge is 0.230 e. The van der Waals surface area contributed by atoms with E-state index in [0.717, 1.165) is 30.6 Å². The van der Waals surface area contributed by atoms with Crippen LogP contribution in [0.15, 0.2) is 24.3 Å². The molecule has 0 unspecified atom stereocenters. The van der Waals surface area contributed by atoms with Crippen molar-refractivity contribution in [2.45, 2.75) is 58.4 Å². The maximum atomic E-state index is 12.9. The summed E-state index contributed by atoms with van der Waals surface area (Å²) in [5.74, 6) is 0.513. The van der Waals surface area contributed by atoms with Crippen LogP contribution in [0.5, 0.6) is 0 Å². The van der Waals surface area contributed by atoms with Crippen LogP contribution in [0.25, 0.3) is 0 Å². The SMILES string of the molecule is CCN(C(=O)C1CCCCCCC1)c1ccc(CN)cc1. The third-order valence-electron chi connectivity index (χ3n) is 4.52. The van der Waals surface area contributed by atoms with Gasteiger partial charge < -0.3 is 10.6 Å². The van der Waals surface area contributed by atoms with Gasteiger partial charge in [0.25, 0.3) is 0 Å². The number of amides is 1. The van der Waals surface area contributed by atoms with Crippen LogP contribution in [0, 0.1) is 5.92 Å². The Balaban J connectivity index is 2.08. The van der Waals surface area contributed by atoms with Gasteiger partial charge >= 0.3 is 0 Å². The van der Waals surface area contributed by atoms with Gasteiger partial charge in [-0.25, -0.2) is 0 Å². The second-order valence-corrected chi connectivity index (χ2v) is 6.00. The highest BCUT2D eigenvalue weighted by atomic mass is 16.2. The van der Waals surface area contributed by atoms with E-state index in [1.54, 1.807) is 0 Å². The molecule has 1 fully saturated rings. The Morgan fingerprint density at radius 1 is 1.10 bits per heavy atom. The largest absolute Gasteiger partial charge is 0.326 e. The molecule has 0 radical (unpaired) electrons. The van der Waals surface area contributed by atoms with E-state index in [0.29, 0.717) is 12.5 Å². The maximum Gasteiger partial charge on any atom is 0.230 e. The number of nitrogens with zero attached hydrogens (tertiary/aromatic N) is 1. The molecule has 2 N–H and O–H groups in total. The molecule has 1 aliphatic carbocycles. The van der Waals surface area contributed by atoms with E-state index < -0.39 is 0 Å². The third kappa shape index (κ3) is 4.31. The van der Waals surface area contributed by atoms with Crippen LogP contribution >= 0.6 is 0 Å². The van der Waals surface area contributed by atoms with Gasteiger partial charge in [-0.3, -0.25) is 4.79 Å². The molecule has 0 bridgehead atoms. The predicted octanol–water partition coefficient (Wildman–Crippen LogP) is 3.86. The van der Waals surface area contributed by atoms with E-state index in [2.05, 4.69) is 6.92 Å². The van der Waals surface area contributed by atoms with Crippen LogP contribution in [-0.2, 0) is 11.3 Å². The number of carbonyl (C=O) groups is 1. The van der Waals surface area contributed by atoms with E-state index in [1.807, 2.05) is 29.2 Å². The van der Waals surface area contributed by atoms with Crippen molar-refractivity contribution in [1.29, 1.82) is 0 Å². The van der Waals surface area contributed by atoms with Crippen molar-refractivity contribution in [2.75, 3.05) is 11.4 Å². The van der Waals surface area contributed by atoms with Crippen molar-refractivity contribution >= 4 is 11.6 Å². The molecular weight excluding hydrogens is 260 g/mol. The van der Waals surface area contributed by atoms with Gasteiger partial charge in [-0.15, -0.1) is 0 Å². The molecule has 0 aromatic heterocycles. The monoisotopic (exact) mass is 288 g/mol. The lowest BCUT2D eigenvalue weighted by molar-refractivity contribution is -0.123. The fraction of sp³-hybridized carbons (Fsp3) is 0.611. The van der Waals surface area contributed by atoms with E-state index in [1.165, 1.54) is 32.1 Å². The summed E-state index contributed by atoms with van der Waals surface area (Å²) in [6.07, 6.45) is 8.38. The number of carbonyl (C=O) groups excluding carboxylic acids is 1. The summed E-state index contributed by atoms with van der Waals surface area (Å²) in [7, 11) is 0. The van der Waals surface area contributed by atoms with E-state index >= 15 is 0 Å². The van der Waals surface area contributed by atoms with Crippen LogP contribution < -0.4 is 10.6 Å². The molecule has 0 heterocycles. The summed E-state index contributed by atoms with van der Waals surface area (Å²) in [5.41, 5.74) is 7.74. The standard InChI is InChI=1S/C18H28N2O/c1-2-20(17-12-10-15(14-19)11-13-17)18(21)16-8-6-4-3-5-7-9-16/h10-13,16H,2-9,14,19H2,1H3. The molecule has 3 heteroatoms. The molecule has 1 aromatic rings. The zero-order valence-electron chi connectivity index (χ0n) is 13.2. The average molecular weight is 288 g/mol. The Hall–Kier alpha value is -1.35. The molecule has 0 atom stereocenters. The number of hydrogen-bond acceptors (Lipinski definition) is 2. The van der Waals surface area contributed by atoms with Crippen molar-refractivity contribution in [3.8, 4) is 0 Å². The van der Waals surface area contributed by atoms with Crippen LogP contribution in [0.2, 0.25) is 0 Å². The highest BCUT2D eigenvalue weighted by Crippen LogP contribution is 2.26. The van der Waals surface area contributed by atoms with Crippen molar-refractivity contribution in [1.82, 2.24) is 0 Å². The summed E-state index contributed by atoms with van der Waals surface area (Å²) in [5, 5.41) is 0. The van der Waals surface area contributed by atoms with Crippen molar-refractivity contribution in [2.24, 2.45) is 11.7 Å². The van der Waals surface area contributed by atoms with Gasteiger partial charge in [0.15, 0.2) is 0 Å². The average Bonchev–Trinajstić information content (AvgIpc) is 2.48. The first-order valence-corrected chi connectivity index (χ1v) is 8.36. The van der Waals surface area contributed by atoms with Gasteiger partial charge in [0, 0.05) is 24.7 Å². The highest BCUT2D eigenvalue weighted by Gasteiger charge is 2.24. The normalized spacial score (nSPS) is 17.0. The summed E-state index contributed by atoms with van der Waals surface area (Å²) >= 11 is 0. The number of hydrogen-bond donors (Lipinski definition) is 1. The first kappa shape index (κ1) is 16.0. The zero-order valence-corrected chi connectivity index (χ0v) is 13.2. The molecule has 0 spiro atoms. The molecule has 1 aromatic carbocycles. The van der Waals surface area contributed by atoms with Gasteiger partial charge in [0.1, 0.15) is 0 Å². The lowest BCUT2D eigenvalue weighted by Gasteiger charge is -2.27. The van der Waals surface area contributed by atoms with Gasteiger partial charge in [0.2, 0.25) is 5.91 Å². The Morgan fingerprint density at radius 2 is 1.67 bits per heavy atom. The number of benzene rings is 1. The molecule has 21 heavy (non-hydrogen) atoms. The molecule has 1 amide bonds. The Labute approximate surface area is 128 Å². The lowest BCUT2D eigenvalue weighted by Crippen LogP contribution is -2.36. The van der Waals surface area contributed by atoms with Crippen LogP contribution in [0.1, 0.15) is 57.4 Å². The van der Waals surface area contributed by atoms with Gasteiger partial charge in [0.05, 0.1) is 0 Å². The van der Waals surface area contributed by atoms with Gasteiger partial charge in [-0.1, -0.05) is 44.2 Å². The molecule has 3 nitrogen and oxygen atoms in total. The predicted molar refractivity (Wildman–Crippen MR) is 88.2 cm³/mol. The van der Waals surface area contributed by atoms with Crippen LogP contribution in [-0.4, -0.2) is 12.5 Å². The minimum absolute atomic E-state index is 0.208. The molecule has 0 aliphatic heterocycles. The van der Waals surface area contributed by atoms with Crippen molar-refractivity contribution < 1.29 is 4.79 Å². The fourth-order valence-electron chi connectivity index (χ4n) is 3.20. The van der Waals surface area contributed by atoms with Crippen LogP contribution in [0.4, 0.5) is 5.69 Å². The quantitative estimate of drug-likeness (QED) is 0.914.